The second-order valence-corrected chi connectivity index (χ2v) is 7.30. The van der Waals surface area contributed by atoms with Gasteiger partial charge in [-0.25, -0.2) is 4.79 Å². The number of benzene rings is 1. The van der Waals surface area contributed by atoms with Gasteiger partial charge in [0.1, 0.15) is 18.1 Å². The first-order valence-electron chi connectivity index (χ1n) is 9.79. The molecule has 0 aromatic heterocycles. The van der Waals surface area contributed by atoms with Gasteiger partial charge >= 0.3 is 5.97 Å². The molecule has 0 bridgehead atoms. The van der Waals surface area contributed by atoms with Crippen molar-refractivity contribution >= 4 is 23.7 Å². The van der Waals surface area contributed by atoms with Crippen molar-refractivity contribution in [2.45, 2.75) is 50.4 Å². The highest BCUT2D eigenvalue weighted by Gasteiger charge is 2.37. The van der Waals surface area contributed by atoms with Gasteiger partial charge in [-0.15, -0.1) is 0 Å². The molecule has 10 heteroatoms. The minimum atomic E-state index is -1.44. The zero-order valence-electron chi connectivity index (χ0n) is 16.8. The monoisotopic (exact) mass is 420 g/mol. The van der Waals surface area contributed by atoms with Crippen LogP contribution in [0.2, 0.25) is 0 Å². The summed E-state index contributed by atoms with van der Waals surface area (Å²) < 4.78 is 0. The Morgan fingerprint density at radius 2 is 1.87 bits per heavy atom. The Kier molecular flexibility index (Phi) is 8.31. The highest BCUT2D eigenvalue weighted by Crippen LogP contribution is 2.19. The Morgan fingerprint density at radius 1 is 1.20 bits per heavy atom. The van der Waals surface area contributed by atoms with Gasteiger partial charge in [0.2, 0.25) is 17.7 Å². The fraction of sp³-hybridized carbons (Fsp3) is 0.500. The average molecular weight is 420 g/mol. The molecule has 2 rings (SSSR count). The second kappa shape index (κ2) is 10.7. The van der Waals surface area contributed by atoms with Gasteiger partial charge in [0.25, 0.3) is 0 Å². The second-order valence-electron chi connectivity index (χ2n) is 7.30. The molecule has 1 aliphatic rings. The van der Waals surface area contributed by atoms with Crippen LogP contribution >= 0.6 is 0 Å². The van der Waals surface area contributed by atoms with E-state index < -0.39 is 54.5 Å². The Balaban J connectivity index is 1.94. The van der Waals surface area contributed by atoms with Crippen molar-refractivity contribution in [3.63, 3.8) is 0 Å². The minimum absolute atomic E-state index is 0.310. The highest BCUT2D eigenvalue weighted by atomic mass is 16.4. The van der Waals surface area contributed by atoms with Crippen molar-refractivity contribution < 1.29 is 29.4 Å². The predicted molar refractivity (Wildman–Crippen MR) is 107 cm³/mol. The third-order valence-electron chi connectivity index (χ3n) is 5.00. The summed E-state index contributed by atoms with van der Waals surface area (Å²) >= 11 is 0. The molecular formula is C20H28N4O6. The number of carboxylic acid groups (broad SMARTS) is 1. The number of hydrogen-bond donors (Lipinski definition) is 5. The largest absolute Gasteiger partial charge is 0.480 e. The summed E-state index contributed by atoms with van der Waals surface area (Å²) in [6, 6.07) is 5.22. The molecule has 1 fully saturated rings. The van der Waals surface area contributed by atoms with Crippen molar-refractivity contribution in [3.05, 3.63) is 35.9 Å². The third kappa shape index (κ3) is 6.01. The Labute approximate surface area is 174 Å². The van der Waals surface area contributed by atoms with E-state index in [2.05, 4.69) is 10.6 Å². The average Bonchev–Trinajstić information content (AvgIpc) is 3.21. The summed E-state index contributed by atoms with van der Waals surface area (Å²) in [5, 5.41) is 22.9. The lowest BCUT2D eigenvalue weighted by molar-refractivity contribution is -0.145. The van der Waals surface area contributed by atoms with Crippen LogP contribution in [0.4, 0.5) is 0 Å². The quantitative estimate of drug-likeness (QED) is 0.329. The van der Waals surface area contributed by atoms with Crippen LogP contribution in [-0.2, 0) is 25.6 Å². The molecule has 30 heavy (non-hydrogen) atoms. The molecule has 1 aromatic rings. The molecule has 1 aromatic carbocycles. The smallest absolute Gasteiger partial charge is 0.328 e. The summed E-state index contributed by atoms with van der Waals surface area (Å²) in [6.45, 7) is 1.06. The van der Waals surface area contributed by atoms with Crippen LogP contribution in [-0.4, -0.2) is 76.1 Å². The molecule has 1 heterocycles. The molecule has 1 saturated heterocycles. The lowest BCUT2D eigenvalue weighted by atomic mass is 10.1. The molecule has 3 amide bonds. The first-order chi connectivity index (χ1) is 14.2. The van der Waals surface area contributed by atoms with E-state index in [4.69, 9.17) is 15.9 Å². The van der Waals surface area contributed by atoms with Gasteiger partial charge in [0.15, 0.2) is 0 Å². The van der Waals surface area contributed by atoms with Gasteiger partial charge in [-0.1, -0.05) is 30.3 Å². The lowest BCUT2D eigenvalue weighted by Crippen LogP contribution is -2.56. The van der Waals surface area contributed by atoms with Crippen molar-refractivity contribution in [2.75, 3.05) is 13.2 Å². The standard InChI is InChI=1S/C20H28N4O6/c1-12(22-17(26)14(21)10-13-6-3-2-4-7-13)19(28)24-9-5-8-16(24)18(27)23-15(11-25)20(29)30/h2-4,6-7,12,14-16,25H,5,8-11,21H2,1H3,(H,22,26)(H,23,27)(H,29,30). The summed E-state index contributed by atoms with van der Waals surface area (Å²) in [7, 11) is 0. The van der Waals surface area contributed by atoms with E-state index >= 15 is 0 Å². The zero-order valence-corrected chi connectivity index (χ0v) is 16.8. The van der Waals surface area contributed by atoms with Gasteiger partial charge in [-0.05, 0) is 31.7 Å². The maximum absolute atomic E-state index is 12.8. The van der Waals surface area contributed by atoms with Gasteiger partial charge in [-0.3, -0.25) is 14.4 Å². The molecule has 164 valence electrons. The lowest BCUT2D eigenvalue weighted by Gasteiger charge is -2.28. The van der Waals surface area contributed by atoms with Crippen LogP contribution in [0.3, 0.4) is 0 Å². The number of amides is 3. The molecule has 4 atom stereocenters. The zero-order chi connectivity index (χ0) is 22.3. The molecule has 0 saturated carbocycles. The number of carboxylic acids is 1. The molecule has 0 spiro atoms. The third-order valence-corrected chi connectivity index (χ3v) is 5.00. The Morgan fingerprint density at radius 3 is 2.47 bits per heavy atom. The number of nitrogens with two attached hydrogens (primary N) is 1. The molecule has 0 radical (unpaired) electrons. The number of likely N-dealkylation sites (tertiary alicyclic amines) is 1. The summed E-state index contributed by atoms with van der Waals surface area (Å²) in [5.41, 5.74) is 6.84. The molecule has 6 N–H and O–H groups in total. The summed E-state index contributed by atoms with van der Waals surface area (Å²) in [6.07, 6.45) is 1.25. The van der Waals surface area contributed by atoms with E-state index in [1.807, 2.05) is 30.3 Å². The molecular weight excluding hydrogens is 392 g/mol. The van der Waals surface area contributed by atoms with Crippen molar-refractivity contribution in [1.29, 1.82) is 0 Å². The molecule has 4 unspecified atom stereocenters. The van der Waals surface area contributed by atoms with Gasteiger partial charge in [0, 0.05) is 6.54 Å². The first kappa shape index (κ1) is 23.3. The van der Waals surface area contributed by atoms with Gasteiger partial charge < -0.3 is 31.5 Å². The number of aliphatic hydroxyl groups is 1. The molecule has 10 nitrogen and oxygen atoms in total. The van der Waals surface area contributed by atoms with E-state index in [0.717, 1.165) is 5.56 Å². The number of aliphatic carboxylic acids is 1. The fourth-order valence-electron chi connectivity index (χ4n) is 3.35. The van der Waals surface area contributed by atoms with E-state index in [1.165, 1.54) is 11.8 Å². The van der Waals surface area contributed by atoms with Crippen LogP contribution in [0.15, 0.2) is 30.3 Å². The topological polar surface area (TPSA) is 162 Å². The van der Waals surface area contributed by atoms with Crippen LogP contribution in [0.25, 0.3) is 0 Å². The summed E-state index contributed by atoms with van der Waals surface area (Å²) in [5.74, 6) is -2.95. The Bertz CT molecular complexity index is 772. The number of aliphatic hydroxyl groups excluding tert-OH is 1. The van der Waals surface area contributed by atoms with Gasteiger partial charge in [-0.2, -0.15) is 0 Å². The number of nitrogens with zero attached hydrogens (tertiary/aromatic N) is 1. The Hall–Kier alpha value is -2.98. The van der Waals surface area contributed by atoms with Crippen LogP contribution < -0.4 is 16.4 Å². The van der Waals surface area contributed by atoms with Crippen molar-refractivity contribution in [3.8, 4) is 0 Å². The van der Waals surface area contributed by atoms with Crippen molar-refractivity contribution in [2.24, 2.45) is 5.73 Å². The van der Waals surface area contributed by atoms with Crippen molar-refractivity contribution in [1.82, 2.24) is 15.5 Å². The SMILES string of the molecule is CC(NC(=O)C(N)Cc1ccccc1)C(=O)N1CCCC1C(=O)NC(CO)C(=O)O. The normalized spacial score (nSPS) is 18.9. The van der Waals surface area contributed by atoms with E-state index in [9.17, 15) is 19.2 Å². The van der Waals surface area contributed by atoms with E-state index in [-0.39, 0.29) is 0 Å². The number of carbonyl (C=O) groups is 4. The van der Waals surface area contributed by atoms with E-state index in [1.54, 1.807) is 0 Å². The van der Waals surface area contributed by atoms with Crippen LogP contribution in [0.1, 0.15) is 25.3 Å². The minimum Gasteiger partial charge on any atom is -0.480 e. The first-order valence-corrected chi connectivity index (χ1v) is 9.79. The number of rotatable bonds is 9. The van der Waals surface area contributed by atoms with Gasteiger partial charge in [0.05, 0.1) is 12.6 Å². The maximum Gasteiger partial charge on any atom is 0.328 e. The predicted octanol–water partition coefficient (Wildman–Crippen LogP) is -1.39. The molecule has 1 aliphatic heterocycles. The van der Waals surface area contributed by atoms with Crippen LogP contribution in [0.5, 0.6) is 0 Å². The van der Waals surface area contributed by atoms with Crippen LogP contribution in [0, 0.1) is 0 Å². The maximum atomic E-state index is 12.8. The molecule has 0 aliphatic carbocycles. The highest BCUT2D eigenvalue weighted by molar-refractivity contribution is 5.94. The van der Waals surface area contributed by atoms with E-state index in [0.29, 0.717) is 25.8 Å². The number of carbonyl (C=O) groups excluding carboxylic acids is 3. The number of hydrogen-bond acceptors (Lipinski definition) is 6. The summed E-state index contributed by atoms with van der Waals surface area (Å²) in [4.78, 5) is 49.9. The number of nitrogens with one attached hydrogen (secondary N) is 2. The fourth-order valence-corrected chi connectivity index (χ4v) is 3.35.